The second-order valence-electron chi connectivity index (χ2n) is 6.89. The molecule has 8 nitrogen and oxygen atoms in total. The summed E-state index contributed by atoms with van der Waals surface area (Å²) in [7, 11) is 1.54. The maximum Gasteiger partial charge on any atom is 1.00 e. The number of likely N-dealkylation sites (N-methyl/N-ethyl adjacent to an activating group) is 1. The first-order valence-corrected chi connectivity index (χ1v) is 10.3. The molecule has 0 spiro atoms. The fourth-order valence-corrected chi connectivity index (χ4v) is 2.57. The first-order valence-electron chi connectivity index (χ1n) is 10.3. The summed E-state index contributed by atoms with van der Waals surface area (Å²) in [4.78, 5) is 46.0. The van der Waals surface area contributed by atoms with Crippen molar-refractivity contribution in [2.45, 2.75) is 90.0 Å². The Balaban J connectivity index is -0.000000607. The van der Waals surface area contributed by atoms with E-state index < -0.39 is 29.9 Å². The Morgan fingerprint density at radius 3 is 1.83 bits per heavy atom. The van der Waals surface area contributed by atoms with E-state index in [0.29, 0.717) is 6.42 Å². The zero-order chi connectivity index (χ0) is 21.2. The standard InChI is InChI=1S/C20H36N2O6.2Na.2H/c1-3-4-5-6-7-8-9-10-11-12-17(23)27-18(24)14-13-16(21)20(26)28-19(25)15-22-2;;;;/h16,22H,3-15,21H2,1-2H3;;;;/q;2*+1;2*-1/t16-;;;;/m0..../s1. The van der Waals surface area contributed by atoms with E-state index in [0.717, 1.165) is 12.8 Å². The van der Waals surface area contributed by atoms with E-state index in [4.69, 9.17) is 10.5 Å². The number of carbonyl (C=O) groups is 4. The van der Waals surface area contributed by atoms with Gasteiger partial charge < -0.3 is 23.4 Å². The third-order valence-electron chi connectivity index (χ3n) is 4.21. The van der Waals surface area contributed by atoms with Gasteiger partial charge in [-0.05, 0) is 19.9 Å². The molecule has 0 bridgehead atoms. The van der Waals surface area contributed by atoms with Gasteiger partial charge in [0, 0.05) is 12.8 Å². The minimum atomic E-state index is -1.12. The van der Waals surface area contributed by atoms with Crippen molar-refractivity contribution in [3.05, 3.63) is 0 Å². The third-order valence-corrected chi connectivity index (χ3v) is 4.21. The molecule has 0 aliphatic rings. The van der Waals surface area contributed by atoms with Crippen molar-refractivity contribution in [2.75, 3.05) is 13.6 Å². The number of nitrogens with one attached hydrogen (secondary N) is 1. The summed E-state index contributed by atoms with van der Waals surface area (Å²) < 4.78 is 9.20. The van der Waals surface area contributed by atoms with E-state index in [1.807, 2.05) is 0 Å². The van der Waals surface area contributed by atoms with E-state index >= 15 is 0 Å². The molecular formula is C20H38N2Na2O6. The fourth-order valence-electron chi connectivity index (χ4n) is 2.57. The van der Waals surface area contributed by atoms with Crippen LogP contribution in [0.2, 0.25) is 0 Å². The first-order chi connectivity index (χ1) is 13.4. The predicted molar refractivity (Wildman–Crippen MR) is 107 cm³/mol. The molecule has 0 heterocycles. The molecule has 0 aromatic rings. The maximum absolute atomic E-state index is 11.6. The Bertz CT molecular complexity index is 503. The summed E-state index contributed by atoms with van der Waals surface area (Å²) in [6, 6.07) is -1.12. The molecule has 166 valence electrons. The van der Waals surface area contributed by atoms with Gasteiger partial charge in [0.15, 0.2) is 0 Å². The quantitative estimate of drug-likeness (QED) is 0.108. The molecule has 10 heteroatoms. The molecule has 0 radical (unpaired) electrons. The molecule has 1 atom stereocenters. The van der Waals surface area contributed by atoms with Crippen LogP contribution in [0.4, 0.5) is 0 Å². The van der Waals surface area contributed by atoms with E-state index in [2.05, 4.69) is 17.0 Å². The van der Waals surface area contributed by atoms with E-state index in [-0.39, 0.29) is 87.8 Å². The first kappa shape index (κ1) is 34.8. The van der Waals surface area contributed by atoms with Crippen molar-refractivity contribution in [1.29, 1.82) is 0 Å². The number of hydrogen-bond acceptors (Lipinski definition) is 8. The van der Waals surface area contributed by atoms with Crippen LogP contribution in [0.15, 0.2) is 0 Å². The molecular weight excluding hydrogens is 410 g/mol. The van der Waals surface area contributed by atoms with Gasteiger partial charge in [-0.1, -0.05) is 58.3 Å². The third kappa shape index (κ3) is 21.4. The van der Waals surface area contributed by atoms with Crippen LogP contribution in [-0.2, 0) is 28.7 Å². The molecule has 0 aromatic heterocycles. The molecule has 0 saturated heterocycles. The van der Waals surface area contributed by atoms with Crippen molar-refractivity contribution in [3.63, 3.8) is 0 Å². The number of rotatable bonds is 16. The van der Waals surface area contributed by atoms with Gasteiger partial charge in [-0.3, -0.25) is 14.4 Å². The van der Waals surface area contributed by atoms with Crippen LogP contribution in [0, 0.1) is 0 Å². The second-order valence-corrected chi connectivity index (χ2v) is 6.89. The molecule has 0 unspecified atom stereocenters. The summed E-state index contributed by atoms with van der Waals surface area (Å²) >= 11 is 0. The van der Waals surface area contributed by atoms with Gasteiger partial charge in [-0.25, -0.2) is 4.79 Å². The molecule has 0 aliphatic heterocycles. The van der Waals surface area contributed by atoms with Crippen LogP contribution in [0.25, 0.3) is 0 Å². The summed E-state index contributed by atoms with van der Waals surface area (Å²) in [5.41, 5.74) is 5.57. The average molecular weight is 449 g/mol. The van der Waals surface area contributed by atoms with Gasteiger partial charge in [0.05, 0.1) is 6.54 Å². The zero-order valence-corrected chi connectivity index (χ0v) is 23.3. The van der Waals surface area contributed by atoms with Crippen LogP contribution < -0.4 is 70.2 Å². The van der Waals surface area contributed by atoms with Crippen molar-refractivity contribution in [2.24, 2.45) is 5.73 Å². The number of hydrogen-bond donors (Lipinski definition) is 2. The Labute approximate surface area is 227 Å². The predicted octanol–water partition coefficient (Wildman–Crippen LogP) is -3.39. The maximum atomic E-state index is 11.6. The van der Waals surface area contributed by atoms with Gasteiger partial charge in [-0.2, -0.15) is 0 Å². The summed E-state index contributed by atoms with van der Waals surface area (Å²) in [5, 5.41) is 2.54. The number of ether oxygens (including phenoxy) is 2. The number of nitrogens with two attached hydrogens (primary N) is 1. The van der Waals surface area contributed by atoms with Crippen LogP contribution >= 0.6 is 0 Å². The van der Waals surface area contributed by atoms with Crippen molar-refractivity contribution >= 4 is 23.9 Å². The Hall–Kier alpha value is 0.200. The Morgan fingerprint density at radius 2 is 1.30 bits per heavy atom. The minimum absolute atomic E-state index is 0. The molecule has 30 heavy (non-hydrogen) atoms. The molecule has 0 saturated carbocycles. The van der Waals surface area contributed by atoms with Crippen molar-refractivity contribution in [3.8, 4) is 0 Å². The molecule has 0 rings (SSSR count). The topological polar surface area (TPSA) is 125 Å². The van der Waals surface area contributed by atoms with Crippen LogP contribution in [0.5, 0.6) is 0 Å². The monoisotopic (exact) mass is 448 g/mol. The number of carbonyl (C=O) groups excluding carboxylic acids is 4. The fraction of sp³-hybridized carbons (Fsp3) is 0.800. The summed E-state index contributed by atoms with van der Waals surface area (Å²) in [5.74, 6) is -2.95. The normalized spacial score (nSPS) is 10.9. The Kier molecular flexibility index (Phi) is 27.7. The molecule has 3 N–H and O–H groups in total. The van der Waals surface area contributed by atoms with Crippen LogP contribution in [-0.4, -0.2) is 43.5 Å². The summed E-state index contributed by atoms with van der Waals surface area (Å²) in [6.07, 6.45) is 10.2. The molecule has 0 amide bonds. The van der Waals surface area contributed by atoms with Gasteiger partial charge in [-0.15, -0.1) is 0 Å². The van der Waals surface area contributed by atoms with Gasteiger partial charge in [0.2, 0.25) is 0 Å². The zero-order valence-electron chi connectivity index (χ0n) is 21.3. The van der Waals surface area contributed by atoms with E-state index in [1.165, 1.54) is 45.6 Å². The Morgan fingerprint density at radius 1 is 0.800 bits per heavy atom. The largest absolute Gasteiger partial charge is 1.00 e. The van der Waals surface area contributed by atoms with Gasteiger partial charge >= 0.3 is 83.0 Å². The number of unbranched alkanes of at least 4 members (excludes halogenated alkanes) is 8. The van der Waals surface area contributed by atoms with Crippen molar-refractivity contribution in [1.82, 2.24) is 5.32 Å². The van der Waals surface area contributed by atoms with Gasteiger partial charge in [0.1, 0.15) is 6.04 Å². The van der Waals surface area contributed by atoms with Crippen LogP contribution in [0.1, 0.15) is 86.8 Å². The molecule has 0 aromatic carbocycles. The smallest absolute Gasteiger partial charge is 1.00 e. The van der Waals surface area contributed by atoms with Crippen LogP contribution in [0.3, 0.4) is 0 Å². The molecule has 0 aliphatic carbocycles. The van der Waals surface area contributed by atoms with Gasteiger partial charge in [0.25, 0.3) is 0 Å². The summed E-state index contributed by atoms with van der Waals surface area (Å²) in [6.45, 7) is 2.08. The van der Waals surface area contributed by atoms with Crippen molar-refractivity contribution < 1.29 is 90.6 Å². The average Bonchev–Trinajstić information content (AvgIpc) is 2.64. The van der Waals surface area contributed by atoms with E-state index in [9.17, 15) is 19.2 Å². The van der Waals surface area contributed by atoms with E-state index in [1.54, 1.807) is 0 Å². The minimum Gasteiger partial charge on any atom is -1.00 e. The molecule has 0 fully saturated rings. The number of esters is 4. The SMILES string of the molecule is CCCCCCCCCCCC(=O)OC(=O)CC[C@H](N)C(=O)OC(=O)CNC.[H-].[H-].[Na+].[Na+]. The second kappa shape index (κ2) is 23.9.